The minimum atomic E-state index is 0.324. The van der Waals surface area contributed by atoms with Gasteiger partial charge in [-0.1, -0.05) is 13.8 Å². The Morgan fingerprint density at radius 2 is 1.75 bits per heavy atom. The molecule has 0 saturated heterocycles. The van der Waals surface area contributed by atoms with E-state index in [1.54, 1.807) is 0 Å². The summed E-state index contributed by atoms with van der Waals surface area (Å²) < 4.78 is 1.95. The van der Waals surface area contributed by atoms with E-state index in [0.717, 1.165) is 5.82 Å². The highest BCUT2D eigenvalue weighted by Crippen LogP contribution is 2.20. The summed E-state index contributed by atoms with van der Waals surface area (Å²) in [6.45, 7) is 8.31. The number of halogens is 1. The van der Waals surface area contributed by atoms with Gasteiger partial charge in [0.05, 0.1) is 0 Å². The van der Waals surface area contributed by atoms with Crippen molar-refractivity contribution in [1.82, 2.24) is 14.8 Å². The van der Waals surface area contributed by atoms with E-state index in [4.69, 9.17) is 11.6 Å². The van der Waals surface area contributed by atoms with Crippen LogP contribution in [0.3, 0.4) is 0 Å². The summed E-state index contributed by atoms with van der Waals surface area (Å²) in [5, 5.41) is 8.34. The topological polar surface area (TPSA) is 30.7 Å². The average molecular weight is 188 g/mol. The van der Waals surface area contributed by atoms with Gasteiger partial charge in [-0.2, -0.15) is 0 Å². The lowest BCUT2D eigenvalue weighted by Crippen LogP contribution is -2.07. The highest BCUT2D eigenvalue weighted by Gasteiger charge is 2.14. The van der Waals surface area contributed by atoms with Crippen molar-refractivity contribution in [2.75, 3.05) is 0 Å². The van der Waals surface area contributed by atoms with Crippen LogP contribution in [0.25, 0.3) is 0 Å². The predicted molar refractivity (Wildman–Crippen MR) is 49.5 cm³/mol. The quantitative estimate of drug-likeness (QED) is 0.713. The van der Waals surface area contributed by atoms with Crippen molar-refractivity contribution in [2.45, 2.75) is 39.7 Å². The molecule has 1 rings (SSSR count). The van der Waals surface area contributed by atoms with Crippen molar-refractivity contribution in [2.24, 2.45) is 0 Å². The zero-order chi connectivity index (χ0) is 9.30. The number of hydrogen-bond acceptors (Lipinski definition) is 2. The molecule has 0 bridgehead atoms. The van der Waals surface area contributed by atoms with E-state index < -0.39 is 0 Å². The first-order chi connectivity index (χ1) is 5.54. The molecule has 1 heterocycles. The van der Waals surface area contributed by atoms with Gasteiger partial charge in [-0.05, 0) is 25.4 Å². The molecule has 0 aliphatic heterocycles. The fraction of sp³-hybridized carbons (Fsp3) is 0.750. The van der Waals surface area contributed by atoms with Crippen molar-refractivity contribution >= 4 is 11.6 Å². The van der Waals surface area contributed by atoms with Crippen molar-refractivity contribution in [3.05, 3.63) is 11.1 Å². The van der Waals surface area contributed by atoms with Gasteiger partial charge >= 0.3 is 0 Å². The second-order valence-electron chi connectivity index (χ2n) is 3.45. The number of aromatic nitrogens is 3. The second-order valence-corrected chi connectivity index (χ2v) is 3.78. The third-order valence-corrected chi connectivity index (χ3v) is 1.97. The summed E-state index contributed by atoms with van der Waals surface area (Å²) in [5.41, 5.74) is 0. The zero-order valence-corrected chi connectivity index (χ0v) is 8.63. The lowest BCUT2D eigenvalue weighted by molar-refractivity contribution is 0.550. The zero-order valence-electron chi connectivity index (χ0n) is 7.87. The standard InChI is InChI=1S/C8H14ClN3/c1-5(2)7-10-11-8(9)12(7)6(3)4/h5-6H,1-4H3. The Morgan fingerprint density at radius 1 is 1.17 bits per heavy atom. The van der Waals surface area contributed by atoms with Gasteiger partial charge in [-0.15, -0.1) is 10.2 Å². The van der Waals surface area contributed by atoms with Gasteiger partial charge in [-0.3, -0.25) is 4.57 Å². The summed E-state index contributed by atoms with van der Waals surface area (Å²) >= 11 is 5.87. The highest BCUT2D eigenvalue weighted by molar-refractivity contribution is 6.28. The first kappa shape index (κ1) is 9.52. The normalized spacial score (nSPS) is 11.6. The van der Waals surface area contributed by atoms with Crippen LogP contribution in [-0.4, -0.2) is 14.8 Å². The predicted octanol–water partition coefficient (Wildman–Crippen LogP) is 2.64. The number of hydrogen-bond donors (Lipinski definition) is 0. The van der Waals surface area contributed by atoms with Crippen LogP contribution in [0, 0.1) is 0 Å². The van der Waals surface area contributed by atoms with Crippen LogP contribution in [0.1, 0.15) is 45.5 Å². The maximum atomic E-state index is 5.87. The average Bonchev–Trinajstić information content (AvgIpc) is 2.30. The van der Waals surface area contributed by atoms with Gasteiger partial charge in [0.2, 0.25) is 5.28 Å². The van der Waals surface area contributed by atoms with Crippen LogP contribution in [-0.2, 0) is 0 Å². The maximum Gasteiger partial charge on any atom is 0.225 e. The fourth-order valence-electron chi connectivity index (χ4n) is 1.15. The van der Waals surface area contributed by atoms with Gasteiger partial charge in [0.25, 0.3) is 0 Å². The lowest BCUT2D eigenvalue weighted by atomic mass is 10.2. The van der Waals surface area contributed by atoms with Gasteiger partial charge in [0, 0.05) is 12.0 Å². The Balaban J connectivity index is 3.12. The monoisotopic (exact) mass is 187 g/mol. The SMILES string of the molecule is CC(C)c1nnc(Cl)n1C(C)C. The van der Waals surface area contributed by atoms with Crippen LogP contribution >= 0.6 is 11.6 Å². The summed E-state index contributed by atoms with van der Waals surface area (Å²) in [6.07, 6.45) is 0. The summed E-state index contributed by atoms with van der Waals surface area (Å²) in [5.74, 6) is 1.32. The molecule has 68 valence electrons. The summed E-state index contributed by atoms with van der Waals surface area (Å²) in [4.78, 5) is 0. The molecule has 0 aliphatic carbocycles. The number of nitrogens with zero attached hydrogens (tertiary/aromatic N) is 3. The van der Waals surface area contributed by atoms with Crippen LogP contribution in [0.2, 0.25) is 5.28 Å². The van der Waals surface area contributed by atoms with Crippen molar-refractivity contribution in [1.29, 1.82) is 0 Å². The molecule has 0 spiro atoms. The summed E-state index contributed by atoms with van der Waals surface area (Å²) in [6, 6.07) is 0.324. The fourth-order valence-corrected chi connectivity index (χ4v) is 1.47. The minimum absolute atomic E-state index is 0.324. The summed E-state index contributed by atoms with van der Waals surface area (Å²) in [7, 11) is 0. The molecule has 0 saturated carbocycles. The van der Waals surface area contributed by atoms with Gasteiger partial charge in [-0.25, -0.2) is 0 Å². The maximum absolute atomic E-state index is 5.87. The Hall–Kier alpha value is -0.570. The molecule has 0 amide bonds. The molecular weight excluding hydrogens is 174 g/mol. The molecule has 3 nitrogen and oxygen atoms in total. The smallest absolute Gasteiger partial charge is 0.225 e. The van der Waals surface area contributed by atoms with E-state index in [-0.39, 0.29) is 0 Å². The second kappa shape index (κ2) is 3.44. The lowest BCUT2D eigenvalue weighted by Gasteiger charge is -2.12. The minimum Gasteiger partial charge on any atom is -0.299 e. The molecule has 12 heavy (non-hydrogen) atoms. The van der Waals surface area contributed by atoms with Gasteiger partial charge < -0.3 is 0 Å². The molecule has 0 atom stereocenters. The molecule has 1 aromatic heterocycles. The molecule has 0 aliphatic rings. The van der Waals surface area contributed by atoms with Crippen LogP contribution < -0.4 is 0 Å². The van der Waals surface area contributed by atoms with Crippen LogP contribution in [0.5, 0.6) is 0 Å². The molecular formula is C8H14ClN3. The third kappa shape index (κ3) is 1.61. The molecule has 0 aromatic carbocycles. The van der Waals surface area contributed by atoms with E-state index in [9.17, 15) is 0 Å². The molecule has 4 heteroatoms. The Kier molecular flexibility index (Phi) is 2.73. The van der Waals surface area contributed by atoms with E-state index in [0.29, 0.717) is 17.2 Å². The van der Waals surface area contributed by atoms with E-state index >= 15 is 0 Å². The Labute approximate surface area is 77.8 Å². The van der Waals surface area contributed by atoms with E-state index in [1.807, 2.05) is 4.57 Å². The Morgan fingerprint density at radius 3 is 2.08 bits per heavy atom. The van der Waals surface area contributed by atoms with Gasteiger partial charge in [0.15, 0.2) is 0 Å². The molecule has 1 aromatic rings. The molecule has 0 fully saturated rings. The van der Waals surface area contributed by atoms with Crippen LogP contribution in [0.15, 0.2) is 0 Å². The Bertz CT molecular complexity index is 265. The van der Waals surface area contributed by atoms with E-state index in [2.05, 4.69) is 37.9 Å². The van der Waals surface area contributed by atoms with Crippen molar-refractivity contribution in [3.63, 3.8) is 0 Å². The molecule has 0 N–H and O–H groups in total. The highest BCUT2D eigenvalue weighted by atomic mass is 35.5. The van der Waals surface area contributed by atoms with Crippen molar-refractivity contribution < 1.29 is 0 Å². The van der Waals surface area contributed by atoms with Crippen molar-refractivity contribution in [3.8, 4) is 0 Å². The van der Waals surface area contributed by atoms with Gasteiger partial charge in [0.1, 0.15) is 5.82 Å². The van der Waals surface area contributed by atoms with Crippen LogP contribution in [0.4, 0.5) is 0 Å². The first-order valence-electron chi connectivity index (χ1n) is 4.14. The first-order valence-corrected chi connectivity index (χ1v) is 4.52. The number of rotatable bonds is 2. The largest absolute Gasteiger partial charge is 0.299 e. The van der Waals surface area contributed by atoms with E-state index in [1.165, 1.54) is 0 Å². The third-order valence-electron chi connectivity index (χ3n) is 1.71. The molecule has 0 radical (unpaired) electrons. The molecule has 0 unspecified atom stereocenters.